The first-order valence-electron chi connectivity index (χ1n) is 10.5. The van der Waals surface area contributed by atoms with Crippen molar-refractivity contribution in [1.82, 2.24) is 19.9 Å². The van der Waals surface area contributed by atoms with Crippen molar-refractivity contribution in [2.24, 2.45) is 0 Å². The summed E-state index contributed by atoms with van der Waals surface area (Å²) >= 11 is 0. The lowest BCUT2D eigenvalue weighted by Crippen LogP contribution is -2.12. The zero-order chi connectivity index (χ0) is 24.5. The fourth-order valence-corrected chi connectivity index (χ4v) is 4.32. The monoisotopic (exact) mass is 482 g/mol. The Bertz CT molecular complexity index is 1500. The molecular formula is C23H23FN6O3S. The largest absolute Gasteiger partial charge is 0.357 e. The van der Waals surface area contributed by atoms with Gasteiger partial charge in [-0.05, 0) is 37.1 Å². The number of hydrogen-bond donors (Lipinski definition) is 3. The molecule has 3 N–H and O–H groups in total. The van der Waals surface area contributed by atoms with Gasteiger partial charge in [0.2, 0.25) is 11.9 Å². The molecule has 0 bridgehead atoms. The Hall–Kier alpha value is -3.86. The lowest BCUT2D eigenvalue weighted by Gasteiger charge is -2.11. The Labute approximate surface area is 195 Å². The summed E-state index contributed by atoms with van der Waals surface area (Å²) in [6.45, 7) is 3.76. The van der Waals surface area contributed by atoms with Crippen molar-refractivity contribution in [3.63, 3.8) is 0 Å². The summed E-state index contributed by atoms with van der Waals surface area (Å²) in [5.74, 6) is -0.500. The smallest absolute Gasteiger partial charge is 0.227 e. The third-order valence-corrected chi connectivity index (χ3v) is 6.29. The Morgan fingerprint density at radius 2 is 2.00 bits per heavy atom. The molecule has 0 radical (unpaired) electrons. The summed E-state index contributed by atoms with van der Waals surface area (Å²) in [5, 5.41) is 6.38. The minimum atomic E-state index is -3.74. The SMILES string of the molecule is CCCC(=O)Nc1nccc2c(-c3nc(Nc4cccc(S(C)(=O)=O)c4F)ncc3C)c[nH]c12. The van der Waals surface area contributed by atoms with Gasteiger partial charge >= 0.3 is 0 Å². The number of aryl methyl sites for hydroxylation is 1. The molecular weight excluding hydrogens is 459 g/mol. The topological polar surface area (TPSA) is 130 Å². The Kier molecular flexibility index (Phi) is 6.29. The van der Waals surface area contributed by atoms with Gasteiger partial charge in [0.15, 0.2) is 21.5 Å². The number of H-pyrrole nitrogens is 1. The second-order valence-electron chi connectivity index (χ2n) is 7.82. The van der Waals surface area contributed by atoms with Crippen LogP contribution in [0.3, 0.4) is 0 Å². The summed E-state index contributed by atoms with van der Waals surface area (Å²) in [5.41, 5.74) is 2.70. The van der Waals surface area contributed by atoms with E-state index in [9.17, 15) is 17.6 Å². The number of aromatic amines is 1. The van der Waals surface area contributed by atoms with E-state index in [0.717, 1.165) is 29.2 Å². The highest BCUT2D eigenvalue weighted by Gasteiger charge is 2.19. The number of benzene rings is 1. The number of hydrogen-bond acceptors (Lipinski definition) is 7. The summed E-state index contributed by atoms with van der Waals surface area (Å²) in [7, 11) is -3.74. The van der Waals surface area contributed by atoms with Gasteiger partial charge in [0.05, 0.1) is 16.9 Å². The van der Waals surface area contributed by atoms with E-state index in [4.69, 9.17) is 0 Å². The molecule has 1 aromatic carbocycles. The van der Waals surface area contributed by atoms with E-state index in [1.54, 1.807) is 24.7 Å². The molecule has 3 aromatic heterocycles. The number of sulfone groups is 1. The number of carbonyl (C=O) groups excluding carboxylic acids is 1. The molecule has 0 unspecified atom stereocenters. The number of carbonyl (C=O) groups is 1. The van der Waals surface area contributed by atoms with Crippen molar-refractivity contribution in [3.05, 3.63) is 54.2 Å². The van der Waals surface area contributed by atoms with Crippen LogP contribution in [0.1, 0.15) is 25.3 Å². The molecule has 34 heavy (non-hydrogen) atoms. The third-order valence-electron chi connectivity index (χ3n) is 5.17. The maximum Gasteiger partial charge on any atom is 0.227 e. The van der Waals surface area contributed by atoms with Gasteiger partial charge in [0.1, 0.15) is 4.90 Å². The van der Waals surface area contributed by atoms with Crippen LogP contribution in [0.15, 0.2) is 47.8 Å². The number of nitrogens with one attached hydrogen (secondary N) is 3. The van der Waals surface area contributed by atoms with Crippen molar-refractivity contribution in [2.75, 3.05) is 16.9 Å². The first-order chi connectivity index (χ1) is 16.2. The Morgan fingerprint density at radius 3 is 2.74 bits per heavy atom. The number of aromatic nitrogens is 4. The second-order valence-corrected chi connectivity index (χ2v) is 9.81. The number of pyridine rings is 1. The second kappa shape index (κ2) is 9.18. The molecule has 9 nitrogen and oxygen atoms in total. The fraction of sp³-hybridized carbons (Fsp3) is 0.217. The lowest BCUT2D eigenvalue weighted by molar-refractivity contribution is -0.116. The van der Waals surface area contributed by atoms with E-state index in [-0.39, 0.29) is 17.5 Å². The molecule has 3 heterocycles. The highest BCUT2D eigenvalue weighted by atomic mass is 32.2. The number of rotatable bonds is 7. The zero-order valence-corrected chi connectivity index (χ0v) is 19.6. The van der Waals surface area contributed by atoms with E-state index >= 15 is 0 Å². The van der Waals surface area contributed by atoms with Crippen LogP contribution >= 0.6 is 0 Å². The predicted octanol–water partition coefficient (Wildman–Crippen LogP) is 4.35. The van der Waals surface area contributed by atoms with E-state index in [1.165, 1.54) is 18.2 Å². The van der Waals surface area contributed by atoms with E-state index in [2.05, 4.69) is 30.6 Å². The van der Waals surface area contributed by atoms with Gasteiger partial charge < -0.3 is 15.6 Å². The van der Waals surface area contributed by atoms with Crippen molar-refractivity contribution < 1.29 is 17.6 Å². The summed E-state index contributed by atoms with van der Waals surface area (Å²) in [6.07, 6.45) is 7.01. The minimum absolute atomic E-state index is 0.0539. The standard InChI is InChI=1S/C23H23FN6O3S/c1-4-6-18(31)29-22-21-14(9-10-25-22)15(12-26-21)20-13(2)11-27-23(30-20)28-16-7-5-8-17(19(16)24)34(3,32)33/h5,7-12,26H,4,6H2,1-3H3,(H,25,29,31)(H,27,28,30). The first-order valence-corrected chi connectivity index (χ1v) is 12.4. The van der Waals surface area contributed by atoms with Gasteiger partial charge in [0, 0.05) is 42.2 Å². The zero-order valence-electron chi connectivity index (χ0n) is 18.8. The lowest BCUT2D eigenvalue weighted by atomic mass is 10.1. The van der Waals surface area contributed by atoms with Gasteiger partial charge in [-0.25, -0.2) is 27.8 Å². The molecule has 0 aliphatic rings. The predicted molar refractivity (Wildman–Crippen MR) is 128 cm³/mol. The first kappa shape index (κ1) is 23.3. The molecule has 0 saturated heterocycles. The maximum atomic E-state index is 14.8. The molecule has 4 rings (SSSR count). The molecule has 0 atom stereocenters. The van der Waals surface area contributed by atoms with E-state index < -0.39 is 20.5 Å². The van der Waals surface area contributed by atoms with E-state index in [1.807, 2.05) is 13.8 Å². The average Bonchev–Trinajstić information content (AvgIpc) is 3.21. The van der Waals surface area contributed by atoms with Gasteiger partial charge in [-0.3, -0.25) is 4.79 Å². The molecule has 176 valence electrons. The van der Waals surface area contributed by atoms with E-state index in [0.29, 0.717) is 23.4 Å². The van der Waals surface area contributed by atoms with Gasteiger partial charge in [-0.1, -0.05) is 13.0 Å². The summed E-state index contributed by atoms with van der Waals surface area (Å²) < 4.78 is 38.4. The van der Waals surface area contributed by atoms with Crippen molar-refractivity contribution in [1.29, 1.82) is 0 Å². The third kappa shape index (κ3) is 4.60. The molecule has 0 saturated carbocycles. The molecule has 4 aromatic rings. The minimum Gasteiger partial charge on any atom is -0.357 e. The summed E-state index contributed by atoms with van der Waals surface area (Å²) in [4.78, 5) is 27.8. The number of nitrogens with zero attached hydrogens (tertiary/aromatic N) is 3. The highest BCUT2D eigenvalue weighted by molar-refractivity contribution is 7.90. The maximum absolute atomic E-state index is 14.8. The highest BCUT2D eigenvalue weighted by Crippen LogP contribution is 2.33. The molecule has 0 aliphatic carbocycles. The van der Waals surface area contributed by atoms with Gasteiger partial charge in [-0.2, -0.15) is 0 Å². The fourth-order valence-electron chi connectivity index (χ4n) is 3.56. The van der Waals surface area contributed by atoms with Crippen molar-refractivity contribution >= 4 is 44.1 Å². The van der Waals surface area contributed by atoms with Crippen LogP contribution in [0, 0.1) is 12.7 Å². The summed E-state index contributed by atoms with van der Waals surface area (Å²) in [6, 6.07) is 5.86. The Morgan fingerprint density at radius 1 is 1.21 bits per heavy atom. The van der Waals surface area contributed by atoms with Crippen LogP contribution in [0.2, 0.25) is 0 Å². The number of amides is 1. The quantitative estimate of drug-likeness (QED) is 0.357. The number of fused-ring (bicyclic) bond motifs is 1. The van der Waals surface area contributed by atoms with Crippen LogP contribution in [0.5, 0.6) is 0 Å². The molecule has 1 amide bonds. The Balaban J connectivity index is 1.72. The van der Waals surface area contributed by atoms with Crippen LogP contribution in [-0.4, -0.2) is 40.5 Å². The molecule has 0 aliphatic heterocycles. The average molecular weight is 483 g/mol. The van der Waals surface area contributed by atoms with Gasteiger partial charge in [0.25, 0.3) is 0 Å². The normalized spacial score (nSPS) is 11.5. The number of anilines is 3. The van der Waals surface area contributed by atoms with Crippen LogP contribution < -0.4 is 10.6 Å². The van der Waals surface area contributed by atoms with Crippen LogP contribution in [0.25, 0.3) is 22.2 Å². The van der Waals surface area contributed by atoms with Crippen LogP contribution in [-0.2, 0) is 14.6 Å². The van der Waals surface area contributed by atoms with Gasteiger partial charge in [-0.15, -0.1) is 0 Å². The van der Waals surface area contributed by atoms with Crippen molar-refractivity contribution in [3.8, 4) is 11.3 Å². The number of halogens is 1. The molecule has 11 heteroatoms. The van der Waals surface area contributed by atoms with Crippen molar-refractivity contribution in [2.45, 2.75) is 31.6 Å². The molecule has 0 fully saturated rings. The molecule has 0 spiro atoms. The van der Waals surface area contributed by atoms with Crippen LogP contribution in [0.4, 0.5) is 21.8 Å².